The third-order valence-corrected chi connectivity index (χ3v) is 4.82. The quantitative estimate of drug-likeness (QED) is 0.730. The number of H-pyrrole nitrogens is 1. The lowest BCUT2D eigenvalue weighted by atomic mass is 9.86. The zero-order valence-corrected chi connectivity index (χ0v) is 14.5. The van der Waals surface area contributed by atoms with Gasteiger partial charge in [-0.3, -0.25) is 9.59 Å². The molecule has 3 N–H and O–H groups in total. The topological polar surface area (TPSA) is 82.2 Å². The Kier molecular flexibility index (Phi) is 5.63. The van der Waals surface area contributed by atoms with Gasteiger partial charge in [0.1, 0.15) is 5.69 Å². The third-order valence-electron chi connectivity index (χ3n) is 4.82. The van der Waals surface area contributed by atoms with Crippen molar-refractivity contribution >= 4 is 11.7 Å². The number of nitrogens with one attached hydrogen (secondary N) is 2. The molecule has 0 unspecified atom stereocenters. The van der Waals surface area contributed by atoms with Crippen molar-refractivity contribution in [2.75, 3.05) is 6.61 Å². The van der Waals surface area contributed by atoms with E-state index in [4.69, 9.17) is 0 Å². The normalized spacial score (nSPS) is 21.5. The van der Waals surface area contributed by atoms with Crippen molar-refractivity contribution in [1.29, 1.82) is 0 Å². The van der Waals surface area contributed by atoms with Gasteiger partial charge in [-0.25, -0.2) is 0 Å². The Morgan fingerprint density at radius 3 is 2.35 bits per heavy atom. The molecule has 0 spiro atoms. The second-order valence-corrected chi connectivity index (χ2v) is 7.00. The summed E-state index contributed by atoms with van der Waals surface area (Å²) in [6, 6.07) is 0.148. The van der Waals surface area contributed by atoms with Crippen LogP contribution >= 0.6 is 0 Å². The molecule has 0 atom stereocenters. The van der Waals surface area contributed by atoms with E-state index in [-0.39, 0.29) is 30.3 Å². The molecule has 0 saturated heterocycles. The summed E-state index contributed by atoms with van der Waals surface area (Å²) < 4.78 is 0. The van der Waals surface area contributed by atoms with Gasteiger partial charge in [-0.05, 0) is 56.9 Å². The molecule has 2 rings (SSSR count). The molecule has 1 aromatic rings. The van der Waals surface area contributed by atoms with Crippen LogP contribution in [-0.4, -0.2) is 34.4 Å². The van der Waals surface area contributed by atoms with E-state index in [2.05, 4.69) is 10.3 Å². The smallest absolute Gasteiger partial charge is 0.268 e. The number of aromatic amines is 1. The number of carbonyl (C=O) groups is 2. The molecule has 1 aliphatic carbocycles. The van der Waals surface area contributed by atoms with Gasteiger partial charge in [0.05, 0.1) is 0 Å². The minimum absolute atomic E-state index is 0.00930. The molecule has 0 aliphatic heterocycles. The number of ketones is 1. The number of amides is 1. The Hall–Kier alpha value is -1.62. The van der Waals surface area contributed by atoms with Gasteiger partial charge < -0.3 is 15.4 Å². The molecule has 1 saturated carbocycles. The lowest BCUT2D eigenvalue weighted by Crippen LogP contribution is -2.38. The van der Waals surface area contributed by atoms with E-state index in [9.17, 15) is 14.7 Å². The van der Waals surface area contributed by atoms with E-state index >= 15 is 0 Å². The average molecular weight is 320 g/mol. The predicted octanol–water partition coefficient (Wildman–Crippen LogP) is 2.93. The molecule has 5 nitrogen and oxygen atoms in total. The Labute approximate surface area is 137 Å². The maximum absolute atomic E-state index is 12.7. The number of rotatable bonds is 5. The highest BCUT2D eigenvalue weighted by molar-refractivity contribution is 6.03. The van der Waals surface area contributed by atoms with Crippen LogP contribution in [0.3, 0.4) is 0 Å². The Morgan fingerprint density at radius 2 is 1.87 bits per heavy atom. The van der Waals surface area contributed by atoms with Crippen LogP contribution in [0.4, 0.5) is 0 Å². The first-order chi connectivity index (χ1) is 10.8. The van der Waals surface area contributed by atoms with Crippen molar-refractivity contribution in [2.45, 2.75) is 65.3 Å². The van der Waals surface area contributed by atoms with E-state index < -0.39 is 0 Å². The fraction of sp³-hybridized carbons (Fsp3) is 0.667. The highest BCUT2D eigenvalue weighted by atomic mass is 16.3. The zero-order chi connectivity index (χ0) is 17.1. The predicted molar refractivity (Wildman–Crippen MR) is 89.9 cm³/mol. The average Bonchev–Trinajstić information content (AvgIpc) is 2.86. The van der Waals surface area contributed by atoms with Crippen LogP contribution in [0, 0.1) is 12.8 Å². The first kappa shape index (κ1) is 17.7. The Bertz CT molecular complexity index is 581. The molecular formula is C18H28N2O3. The van der Waals surface area contributed by atoms with Gasteiger partial charge in [0.15, 0.2) is 5.78 Å². The number of hydrogen-bond donors (Lipinski definition) is 3. The molecule has 0 radical (unpaired) electrons. The number of aromatic nitrogens is 1. The van der Waals surface area contributed by atoms with Crippen LogP contribution in [0.25, 0.3) is 0 Å². The van der Waals surface area contributed by atoms with Crippen LogP contribution in [0.1, 0.15) is 84.5 Å². The van der Waals surface area contributed by atoms with Crippen molar-refractivity contribution in [2.24, 2.45) is 5.92 Å². The second kappa shape index (κ2) is 7.30. The lowest BCUT2D eigenvalue weighted by molar-refractivity contribution is 0.0908. The fourth-order valence-electron chi connectivity index (χ4n) is 3.60. The van der Waals surface area contributed by atoms with Gasteiger partial charge >= 0.3 is 0 Å². The number of aliphatic hydroxyl groups excluding tert-OH is 1. The zero-order valence-electron chi connectivity index (χ0n) is 14.5. The molecule has 128 valence electrons. The van der Waals surface area contributed by atoms with Crippen molar-refractivity contribution in [3.05, 3.63) is 22.5 Å². The van der Waals surface area contributed by atoms with E-state index in [0.717, 1.165) is 36.9 Å². The van der Waals surface area contributed by atoms with Crippen LogP contribution in [-0.2, 0) is 0 Å². The van der Waals surface area contributed by atoms with Gasteiger partial charge in [-0.1, -0.05) is 13.8 Å². The van der Waals surface area contributed by atoms with Crippen molar-refractivity contribution < 1.29 is 14.7 Å². The molecule has 0 aromatic carbocycles. The van der Waals surface area contributed by atoms with Crippen molar-refractivity contribution in [1.82, 2.24) is 10.3 Å². The molecule has 1 aromatic heterocycles. The van der Waals surface area contributed by atoms with E-state index in [0.29, 0.717) is 17.2 Å². The minimum Gasteiger partial charge on any atom is -0.396 e. The van der Waals surface area contributed by atoms with Gasteiger partial charge in [-0.15, -0.1) is 0 Å². The van der Waals surface area contributed by atoms with Gasteiger partial charge in [0.2, 0.25) is 0 Å². The van der Waals surface area contributed by atoms with Crippen molar-refractivity contribution in [3.8, 4) is 0 Å². The number of Topliss-reactive ketones (excluding diaryl/α,β-unsaturated/α-hetero) is 1. The van der Waals surface area contributed by atoms with E-state index in [1.807, 2.05) is 20.8 Å². The van der Waals surface area contributed by atoms with Crippen LogP contribution < -0.4 is 5.32 Å². The lowest BCUT2D eigenvalue weighted by Gasteiger charge is -2.28. The number of carbonyl (C=O) groups excluding carboxylic acids is 2. The first-order valence-electron chi connectivity index (χ1n) is 8.50. The molecule has 1 aliphatic rings. The summed E-state index contributed by atoms with van der Waals surface area (Å²) in [5.41, 5.74) is 2.74. The molecule has 1 amide bonds. The van der Waals surface area contributed by atoms with Gasteiger partial charge in [0, 0.05) is 23.9 Å². The van der Waals surface area contributed by atoms with Gasteiger partial charge in [-0.2, -0.15) is 0 Å². The SMILES string of the molecule is CC(=O)c1c(C)[nH]c(C(=O)NC2CCC(CO)CC2)c1C(C)C. The molecule has 23 heavy (non-hydrogen) atoms. The molecule has 1 heterocycles. The minimum atomic E-state index is -0.128. The maximum atomic E-state index is 12.7. The van der Waals surface area contributed by atoms with Crippen LogP contribution in [0.2, 0.25) is 0 Å². The largest absolute Gasteiger partial charge is 0.396 e. The first-order valence-corrected chi connectivity index (χ1v) is 8.50. The summed E-state index contributed by atoms with van der Waals surface area (Å²) in [6.45, 7) is 7.61. The summed E-state index contributed by atoms with van der Waals surface area (Å²) in [5.74, 6) is 0.331. The summed E-state index contributed by atoms with van der Waals surface area (Å²) in [6.07, 6.45) is 3.68. The Balaban J connectivity index is 2.17. The number of aryl methyl sites for hydroxylation is 1. The summed E-state index contributed by atoms with van der Waals surface area (Å²) in [7, 11) is 0. The molecular weight excluding hydrogens is 292 g/mol. The molecule has 0 bridgehead atoms. The number of aliphatic hydroxyl groups is 1. The summed E-state index contributed by atoms with van der Waals surface area (Å²) in [4.78, 5) is 27.7. The third kappa shape index (κ3) is 3.83. The summed E-state index contributed by atoms with van der Waals surface area (Å²) in [5, 5.41) is 12.3. The monoisotopic (exact) mass is 320 g/mol. The standard InChI is InChI=1S/C18H28N2O3/c1-10(2)15-16(12(4)22)11(3)19-17(15)18(23)20-14-7-5-13(9-21)6-8-14/h10,13-14,19,21H,5-9H2,1-4H3,(H,20,23). The van der Waals surface area contributed by atoms with Gasteiger partial charge in [0.25, 0.3) is 5.91 Å². The van der Waals surface area contributed by atoms with E-state index in [1.54, 1.807) is 6.92 Å². The Morgan fingerprint density at radius 1 is 1.26 bits per heavy atom. The van der Waals surface area contributed by atoms with E-state index in [1.165, 1.54) is 0 Å². The van der Waals surface area contributed by atoms with Crippen LogP contribution in [0.5, 0.6) is 0 Å². The maximum Gasteiger partial charge on any atom is 0.268 e. The molecule has 1 fully saturated rings. The fourth-order valence-corrected chi connectivity index (χ4v) is 3.60. The number of hydrogen-bond acceptors (Lipinski definition) is 3. The van der Waals surface area contributed by atoms with Crippen LogP contribution in [0.15, 0.2) is 0 Å². The second-order valence-electron chi connectivity index (χ2n) is 7.00. The highest BCUT2D eigenvalue weighted by Gasteiger charge is 2.27. The highest BCUT2D eigenvalue weighted by Crippen LogP contribution is 2.28. The molecule has 5 heteroatoms. The van der Waals surface area contributed by atoms with Crippen molar-refractivity contribution in [3.63, 3.8) is 0 Å². The summed E-state index contributed by atoms with van der Waals surface area (Å²) >= 11 is 0.